The van der Waals surface area contributed by atoms with E-state index in [1.807, 2.05) is 40.4 Å². The molecular weight excluding hydrogens is 350 g/mol. The van der Waals surface area contributed by atoms with Gasteiger partial charge in [0.05, 0.1) is 11.3 Å². The first-order valence-corrected chi connectivity index (χ1v) is 9.36. The normalized spacial score (nSPS) is 16.0. The Morgan fingerprint density at radius 2 is 2.00 bits per heavy atom. The molecule has 8 heteroatoms. The molecule has 5 heterocycles. The number of aromatic nitrogens is 3. The number of piperazine rings is 1. The molecule has 1 aliphatic heterocycles. The number of nitrogens with zero attached hydrogens (tertiary/aromatic N) is 5. The summed E-state index contributed by atoms with van der Waals surface area (Å²) in [6.07, 6.45) is 3.76. The summed E-state index contributed by atoms with van der Waals surface area (Å²) in [5.41, 5.74) is 1.04. The summed E-state index contributed by atoms with van der Waals surface area (Å²) in [5, 5.41) is 2.76. The number of hydrogen-bond acceptors (Lipinski definition) is 7. The molecule has 7 nitrogen and oxygen atoms in total. The molecule has 1 saturated heterocycles. The van der Waals surface area contributed by atoms with Crippen molar-refractivity contribution in [1.82, 2.24) is 19.3 Å². The Labute approximate surface area is 153 Å². The highest BCUT2D eigenvalue weighted by molar-refractivity contribution is 7.15. The van der Waals surface area contributed by atoms with Crippen LogP contribution in [-0.4, -0.2) is 52.5 Å². The van der Waals surface area contributed by atoms with Crippen molar-refractivity contribution in [3.05, 3.63) is 46.4 Å². The first-order chi connectivity index (χ1) is 12.7. The third kappa shape index (κ3) is 2.58. The Bertz CT molecular complexity index is 1120. The van der Waals surface area contributed by atoms with E-state index in [0.29, 0.717) is 17.0 Å². The van der Waals surface area contributed by atoms with Gasteiger partial charge in [0.15, 0.2) is 4.96 Å². The van der Waals surface area contributed by atoms with Gasteiger partial charge in [-0.15, -0.1) is 11.3 Å². The van der Waals surface area contributed by atoms with E-state index < -0.39 is 5.63 Å². The minimum atomic E-state index is -0.411. The van der Waals surface area contributed by atoms with Crippen LogP contribution >= 0.6 is 11.3 Å². The lowest BCUT2D eigenvalue weighted by Crippen LogP contribution is -2.44. The monoisotopic (exact) mass is 367 g/mol. The van der Waals surface area contributed by atoms with Crippen LogP contribution in [-0.2, 0) is 0 Å². The summed E-state index contributed by atoms with van der Waals surface area (Å²) in [5.74, 6) is 0.851. The lowest BCUT2D eigenvalue weighted by molar-refractivity contribution is 0.312. The van der Waals surface area contributed by atoms with Gasteiger partial charge in [-0.25, -0.2) is 9.78 Å². The van der Waals surface area contributed by atoms with E-state index in [9.17, 15) is 4.79 Å². The van der Waals surface area contributed by atoms with Gasteiger partial charge in [0.25, 0.3) is 0 Å². The molecule has 0 amide bonds. The third-order valence-corrected chi connectivity index (χ3v) is 5.55. The van der Waals surface area contributed by atoms with Crippen LogP contribution in [0.15, 0.2) is 45.2 Å². The molecule has 0 saturated carbocycles. The minimum Gasteiger partial charge on any atom is -0.403 e. The van der Waals surface area contributed by atoms with Gasteiger partial charge in [-0.2, -0.15) is 4.98 Å². The van der Waals surface area contributed by atoms with Crippen molar-refractivity contribution in [1.29, 1.82) is 0 Å². The van der Waals surface area contributed by atoms with Crippen LogP contribution in [0.4, 0.5) is 5.82 Å². The first kappa shape index (κ1) is 15.5. The van der Waals surface area contributed by atoms with E-state index in [1.165, 1.54) is 11.3 Å². The molecule has 0 radical (unpaired) electrons. The van der Waals surface area contributed by atoms with Crippen LogP contribution in [0.2, 0.25) is 0 Å². The summed E-state index contributed by atoms with van der Waals surface area (Å²) in [6.45, 7) is 3.84. The smallest absolute Gasteiger partial charge is 0.347 e. The van der Waals surface area contributed by atoms with Gasteiger partial charge in [0.1, 0.15) is 5.82 Å². The van der Waals surface area contributed by atoms with Crippen molar-refractivity contribution in [2.24, 2.45) is 0 Å². The topological polar surface area (TPSA) is 66.9 Å². The molecule has 5 rings (SSSR count). The second-order valence-corrected chi connectivity index (χ2v) is 7.39. The Kier molecular flexibility index (Phi) is 3.54. The molecule has 0 unspecified atom stereocenters. The fourth-order valence-electron chi connectivity index (χ4n) is 3.24. The zero-order chi connectivity index (χ0) is 17.7. The minimum absolute atomic E-state index is 0.371. The van der Waals surface area contributed by atoms with Crippen LogP contribution in [0, 0.1) is 0 Å². The molecule has 4 aromatic rings. The average Bonchev–Trinajstić information content (AvgIpc) is 3.23. The van der Waals surface area contributed by atoms with Gasteiger partial charge in [-0.1, -0.05) is 0 Å². The summed E-state index contributed by atoms with van der Waals surface area (Å²) in [6, 6.07) is 5.76. The number of likely N-dealkylation sites (N-methyl/N-ethyl adjacent to an activating group) is 1. The SMILES string of the molecule is CN1CCN(c2ccc3cc(-c4cn5ccsc5n4)c(=O)oc3n2)CC1. The number of thiazole rings is 1. The van der Waals surface area contributed by atoms with Crippen molar-refractivity contribution in [2.45, 2.75) is 0 Å². The Balaban J connectivity index is 1.54. The Morgan fingerprint density at radius 3 is 2.81 bits per heavy atom. The summed E-state index contributed by atoms with van der Waals surface area (Å²) in [7, 11) is 2.12. The molecule has 0 bridgehead atoms. The summed E-state index contributed by atoms with van der Waals surface area (Å²) < 4.78 is 7.42. The molecule has 0 spiro atoms. The first-order valence-electron chi connectivity index (χ1n) is 8.48. The lowest BCUT2D eigenvalue weighted by Gasteiger charge is -2.33. The largest absolute Gasteiger partial charge is 0.403 e. The summed E-state index contributed by atoms with van der Waals surface area (Å²) in [4.78, 5) is 26.9. The zero-order valence-electron chi connectivity index (χ0n) is 14.3. The fraction of sp³-hybridized carbons (Fsp3) is 0.278. The van der Waals surface area contributed by atoms with Crippen LogP contribution in [0.3, 0.4) is 0 Å². The number of imidazole rings is 1. The molecule has 1 fully saturated rings. The van der Waals surface area contributed by atoms with E-state index >= 15 is 0 Å². The van der Waals surface area contributed by atoms with Gasteiger partial charge in [0.2, 0.25) is 5.71 Å². The van der Waals surface area contributed by atoms with Crippen LogP contribution in [0.5, 0.6) is 0 Å². The summed E-state index contributed by atoms with van der Waals surface area (Å²) >= 11 is 1.53. The quantitative estimate of drug-likeness (QED) is 0.542. The molecule has 0 atom stereocenters. The average molecular weight is 367 g/mol. The van der Waals surface area contributed by atoms with Crippen molar-refractivity contribution in [3.63, 3.8) is 0 Å². The lowest BCUT2D eigenvalue weighted by atomic mass is 10.2. The second-order valence-electron chi connectivity index (χ2n) is 6.52. The zero-order valence-corrected chi connectivity index (χ0v) is 15.1. The van der Waals surface area contributed by atoms with Crippen molar-refractivity contribution < 1.29 is 4.42 Å². The van der Waals surface area contributed by atoms with Gasteiger partial charge < -0.3 is 14.2 Å². The molecule has 0 N–H and O–H groups in total. The van der Waals surface area contributed by atoms with Crippen molar-refractivity contribution >= 4 is 33.2 Å². The third-order valence-electron chi connectivity index (χ3n) is 4.78. The van der Waals surface area contributed by atoms with E-state index in [4.69, 9.17) is 4.42 Å². The van der Waals surface area contributed by atoms with Gasteiger partial charge in [0, 0.05) is 49.3 Å². The van der Waals surface area contributed by atoms with Gasteiger partial charge in [-0.3, -0.25) is 4.40 Å². The second kappa shape index (κ2) is 5.93. The maximum atomic E-state index is 12.5. The molecule has 0 aromatic carbocycles. The number of pyridine rings is 1. The molecule has 132 valence electrons. The highest BCUT2D eigenvalue weighted by Gasteiger charge is 2.17. The highest BCUT2D eigenvalue weighted by atomic mass is 32.1. The van der Waals surface area contributed by atoms with E-state index in [-0.39, 0.29) is 0 Å². The van der Waals surface area contributed by atoms with Gasteiger partial charge in [-0.05, 0) is 25.2 Å². The number of anilines is 1. The predicted octanol–water partition coefficient (Wildman–Crippen LogP) is 2.32. The van der Waals surface area contributed by atoms with Crippen LogP contribution in [0.1, 0.15) is 0 Å². The maximum Gasteiger partial charge on any atom is 0.347 e. The molecule has 1 aliphatic rings. The molecule has 4 aromatic heterocycles. The molecule has 0 aliphatic carbocycles. The van der Waals surface area contributed by atoms with E-state index in [1.54, 1.807) is 0 Å². The maximum absolute atomic E-state index is 12.5. The predicted molar refractivity (Wildman–Crippen MR) is 102 cm³/mol. The number of hydrogen-bond donors (Lipinski definition) is 0. The van der Waals surface area contributed by atoms with Crippen molar-refractivity contribution in [3.8, 4) is 11.3 Å². The standard InChI is InChI=1S/C18H17N5O2S/c1-21-4-6-22(7-5-21)15-3-2-12-10-13(17(24)25-16(12)20-15)14-11-23-8-9-26-18(23)19-14/h2-3,8-11H,4-7H2,1H3. The van der Waals surface area contributed by atoms with Crippen LogP contribution < -0.4 is 10.5 Å². The number of rotatable bonds is 2. The van der Waals surface area contributed by atoms with Crippen molar-refractivity contribution in [2.75, 3.05) is 38.1 Å². The molecular formula is C18H17N5O2S. The fourth-order valence-corrected chi connectivity index (χ4v) is 3.94. The highest BCUT2D eigenvalue weighted by Crippen LogP contribution is 2.24. The number of fused-ring (bicyclic) bond motifs is 2. The Morgan fingerprint density at radius 1 is 1.15 bits per heavy atom. The van der Waals surface area contributed by atoms with Crippen LogP contribution in [0.25, 0.3) is 27.3 Å². The van der Waals surface area contributed by atoms with Gasteiger partial charge >= 0.3 is 5.63 Å². The Hall–Kier alpha value is -2.71. The molecule has 26 heavy (non-hydrogen) atoms. The van der Waals surface area contributed by atoms with E-state index in [2.05, 4.69) is 26.8 Å². The van der Waals surface area contributed by atoms with E-state index in [0.717, 1.165) is 42.3 Å².